The van der Waals surface area contributed by atoms with Crippen molar-refractivity contribution in [3.63, 3.8) is 0 Å². The van der Waals surface area contributed by atoms with E-state index in [1.54, 1.807) is 36.4 Å². The van der Waals surface area contributed by atoms with Crippen LogP contribution in [0.4, 0.5) is 0 Å². The topological polar surface area (TPSA) is 87.5 Å². The molecule has 0 bridgehead atoms. The van der Waals surface area contributed by atoms with Gasteiger partial charge in [0.15, 0.2) is 11.5 Å². The summed E-state index contributed by atoms with van der Waals surface area (Å²) < 4.78 is 16.8. The average molecular weight is 362 g/mol. The minimum atomic E-state index is -0.723. The summed E-state index contributed by atoms with van der Waals surface area (Å²) >= 11 is 0. The maximum absolute atomic E-state index is 12.4. The molecule has 0 saturated heterocycles. The number of aromatic nitrogens is 2. The van der Waals surface area contributed by atoms with Gasteiger partial charge in [-0.25, -0.2) is 4.79 Å². The number of ketones is 1. The molecule has 0 unspecified atom stereocenters. The molecule has 4 rings (SSSR count). The van der Waals surface area contributed by atoms with Crippen LogP contribution in [0.2, 0.25) is 0 Å². The van der Waals surface area contributed by atoms with Gasteiger partial charge in [-0.15, -0.1) is 5.10 Å². The van der Waals surface area contributed by atoms with E-state index in [4.69, 9.17) is 13.6 Å². The molecule has 0 spiro atoms. The molecule has 7 heteroatoms. The van der Waals surface area contributed by atoms with E-state index in [0.717, 1.165) is 4.68 Å². The SMILES string of the molecule is O=C(Cn1nc(-c2ccco2)oc1=O)c1ccc(Oc2ccccc2)cc1. The molecule has 0 atom stereocenters. The zero-order valence-corrected chi connectivity index (χ0v) is 14.1. The average Bonchev–Trinajstić information content (AvgIpc) is 3.34. The van der Waals surface area contributed by atoms with Crippen LogP contribution in [-0.2, 0) is 6.54 Å². The van der Waals surface area contributed by atoms with Crippen LogP contribution < -0.4 is 10.5 Å². The monoisotopic (exact) mass is 362 g/mol. The summed E-state index contributed by atoms with van der Waals surface area (Å²) in [6, 6.07) is 19.3. The van der Waals surface area contributed by atoms with Gasteiger partial charge in [0.2, 0.25) is 0 Å². The first-order chi connectivity index (χ1) is 13.2. The lowest BCUT2D eigenvalue weighted by Crippen LogP contribution is -2.21. The van der Waals surface area contributed by atoms with Gasteiger partial charge in [-0.3, -0.25) is 4.79 Å². The summed E-state index contributed by atoms with van der Waals surface area (Å²) in [5.41, 5.74) is 0.435. The van der Waals surface area contributed by atoms with Crippen molar-refractivity contribution in [3.05, 3.63) is 89.1 Å². The molecule has 2 heterocycles. The molecule has 4 aromatic rings. The number of benzene rings is 2. The van der Waals surface area contributed by atoms with Crippen LogP contribution in [0.15, 0.2) is 86.6 Å². The van der Waals surface area contributed by atoms with Crippen LogP contribution in [0.5, 0.6) is 11.5 Å². The summed E-state index contributed by atoms with van der Waals surface area (Å²) in [6.45, 7) is -0.234. The molecule has 0 aliphatic rings. The van der Waals surface area contributed by atoms with E-state index in [1.807, 2.05) is 30.3 Å². The molecule has 0 saturated carbocycles. The minimum absolute atomic E-state index is 0.0319. The number of rotatable bonds is 6. The number of carbonyl (C=O) groups excluding carboxylic acids is 1. The Morgan fingerprint density at radius 2 is 1.70 bits per heavy atom. The van der Waals surface area contributed by atoms with E-state index < -0.39 is 5.76 Å². The molecule has 0 aliphatic carbocycles. The van der Waals surface area contributed by atoms with Crippen LogP contribution in [0.3, 0.4) is 0 Å². The fraction of sp³-hybridized carbons (Fsp3) is 0.0500. The first-order valence-electron chi connectivity index (χ1n) is 8.17. The van der Waals surface area contributed by atoms with Crippen molar-refractivity contribution in [2.75, 3.05) is 0 Å². The molecule has 0 aliphatic heterocycles. The standard InChI is InChI=1S/C20H14N2O5/c23-17(13-22-20(24)27-19(21-22)18-7-4-12-25-18)14-8-10-16(11-9-14)26-15-5-2-1-3-6-15/h1-12H,13H2. The minimum Gasteiger partial charge on any atom is -0.459 e. The Bertz CT molecular complexity index is 1090. The lowest BCUT2D eigenvalue weighted by molar-refractivity contribution is 0.0965. The van der Waals surface area contributed by atoms with E-state index in [-0.39, 0.29) is 18.2 Å². The molecule has 7 nitrogen and oxygen atoms in total. The molecular formula is C20H14N2O5. The Hall–Kier alpha value is -3.87. The third-order valence-electron chi connectivity index (χ3n) is 3.79. The number of carbonyl (C=O) groups is 1. The first kappa shape index (κ1) is 16.6. The molecule has 0 N–H and O–H groups in total. The van der Waals surface area contributed by atoms with Crippen molar-refractivity contribution in [1.29, 1.82) is 0 Å². The Kier molecular flexibility index (Phi) is 4.40. The third kappa shape index (κ3) is 3.72. The van der Waals surface area contributed by atoms with Gasteiger partial charge < -0.3 is 13.6 Å². The summed E-state index contributed by atoms with van der Waals surface area (Å²) in [7, 11) is 0. The zero-order valence-electron chi connectivity index (χ0n) is 14.1. The second-order valence-corrected chi connectivity index (χ2v) is 5.67. The van der Waals surface area contributed by atoms with Crippen LogP contribution in [0.1, 0.15) is 10.4 Å². The largest absolute Gasteiger partial charge is 0.459 e. The van der Waals surface area contributed by atoms with E-state index in [1.165, 1.54) is 6.26 Å². The van der Waals surface area contributed by atoms with Crippen molar-refractivity contribution >= 4 is 5.78 Å². The fourth-order valence-corrected chi connectivity index (χ4v) is 2.47. The smallest absolute Gasteiger partial charge is 0.437 e. The van der Waals surface area contributed by atoms with E-state index >= 15 is 0 Å². The van der Waals surface area contributed by atoms with Gasteiger partial charge in [0.05, 0.1) is 6.26 Å². The number of hydrogen-bond donors (Lipinski definition) is 0. The molecule has 0 amide bonds. The van der Waals surface area contributed by atoms with Crippen molar-refractivity contribution in [1.82, 2.24) is 9.78 Å². The van der Waals surface area contributed by atoms with Gasteiger partial charge in [0.25, 0.3) is 5.89 Å². The number of ether oxygens (including phenoxy) is 1. The maximum atomic E-state index is 12.4. The number of hydrogen-bond acceptors (Lipinski definition) is 6. The quantitative estimate of drug-likeness (QED) is 0.485. The van der Waals surface area contributed by atoms with Crippen molar-refractivity contribution in [2.24, 2.45) is 0 Å². The van der Waals surface area contributed by atoms with Gasteiger partial charge in [-0.1, -0.05) is 18.2 Å². The first-order valence-corrected chi connectivity index (χ1v) is 8.17. The summed E-state index contributed by atoms with van der Waals surface area (Å²) in [5, 5.41) is 3.99. The number of para-hydroxylation sites is 1. The zero-order chi connectivity index (χ0) is 18.6. The molecule has 0 radical (unpaired) electrons. The molecular weight excluding hydrogens is 348 g/mol. The second-order valence-electron chi connectivity index (χ2n) is 5.67. The highest BCUT2D eigenvalue weighted by atomic mass is 16.5. The Labute approximate surface area is 153 Å². The van der Waals surface area contributed by atoms with Crippen molar-refractivity contribution < 1.29 is 18.4 Å². The number of nitrogens with zero attached hydrogens (tertiary/aromatic N) is 2. The predicted octanol–water partition coefficient (Wildman–Crippen LogP) is 3.77. The molecule has 0 fully saturated rings. The molecule has 2 aromatic carbocycles. The summed E-state index contributed by atoms with van der Waals surface area (Å²) in [6.07, 6.45) is 1.44. The predicted molar refractivity (Wildman–Crippen MR) is 95.8 cm³/mol. The summed E-state index contributed by atoms with van der Waals surface area (Å²) in [5.74, 6) is 0.666. The van der Waals surface area contributed by atoms with Gasteiger partial charge in [0.1, 0.15) is 18.0 Å². The van der Waals surface area contributed by atoms with Crippen LogP contribution in [-0.4, -0.2) is 15.6 Å². The van der Waals surface area contributed by atoms with Crippen molar-refractivity contribution in [2.45, 2.75) is 6.54 Å². The van der Waals surface area contributed by atoms with Gasteiger partial charge in [-0.2, -0.15) is 4.68 Å². The highest BCUT2D eigenvalue weighted by Gasteiger charge is 2.16. The van der Waals surface area contributed by atoms with Crippen LogP contribution in [0.25, 0.3) is 11.7 Å². The number of furan rings is 1. The third-order valence-corrected chi connectivity index (χ3v) is 3.79. The number of Topliss-reactive ketones (excluding diaryl/α,β-unsaturated/α-hetero) is 1. The maximum Gasteiger partial charge on any atom is 0.437 e. The van der Waals surface area contributed by atoms with Crippen LogP contribution in [0, 0.1) is 0 Å². The Morgan fingerprint density at radius 1 is 0.963 bits per heavy atom. The van der Waals surface area contributed by atoms with Crippen molar-refractivity contribution in [3.8, 4) is 23.1 Å². The van der Waals surface area contributed by atoms with E-state index in [2.05, 4.69) is 5.10 Å². The Morgan fingerprint density at radius 3 is 2.41 bits per heavy atom. The lowest BCUT2D eigenvalue weighted by atomic mass is 10.1. The van der Waals surface area contributed by atoms with Gasteiger partial charge in [0, 0.05) is 5.56 Å². The molecule has 134 valence electrons. The van der Waals surface area contributed by atoms with E-state index in [9.17, 15) is 9.59 Å². The second kappa shape index (κ2) is 7.17. The highest BCUT2D eigenvalue weighted by molar-refractivity contribution is 5.95. The normalized spacial score (nSPS) is 10.7. The lowest BCUT2D eigenvalue weighted by Gasteiger charge is -2.06. The fourth-order valence-electron chi connectivity index (χ4n) is 2.47. The Balaban J connectivity index is 1.46. The van der Waals surface area contributed by atoms with Gasteiger partial charge >= 0.3 is 5.76 Å². The molecule has 2 aromatic heterocycles. The van der Waals surface area contributed by atoms with E-state index in [0.29, 0.717) is 22.8 Å². The molecule has 27 heavy (non-hydrogen) atoms. The van der Waals surface area contributed by atoms with Crippen LogP contribution >= 0.6 is 0 Å². The highest BCUT2D eigenvalue weighted by Crippen LogP contribution is 2.21. The van der Waals surface area contributed by atoms with Gasteiger partial charge in [-0.05, 0) is 48.5 Å². The summed E-state index contributed by atoms with van der Waals surface area (Å²) in [4.78, 5) is 24.3.